The molecule has 0 aromatic heterocycles. The summed E-state index contributed by atoms with van der Waals surface area (Å²) in [5.74, 6) is 0. The van der Waals surface area contributed by atoms with Crippen molar-refractivity contribution in [2.45, 2.75) is 70.0 Å². The molecule has 3 N–H and O–H groups in total. The zero-order valence-electron chi connectivity index (χ0n) is 11.2. The van der Waals surface area contributed by atoms with Gasteiger partial charge in [0.25, 0.3) is 0 Å². The minimum absolute atomic E-state index is 0.0288. The number of rotatable bonds is 1. The Morgan fingerprint density at radius 1 is 1.35 bits per heavy atom. The molecule has 0 bridgehead atoms. The van der Waals surface area contributed by atoms with Crippen LogP contribution in [0.15, 0.2) is 0 Å². The van der Waals surface area contributed by atoms with Crippen LogP contribution in [0.1, 0.15) is 52.9 Å². The lowest BCUT2D eigenvalue weighted by molar-refractivity contribution is 0.121. The first-order valence-corrected chi connectivity index (χ1v) is 6.72. The molecular weight excluding hydrogens is 214 g/mol. The molecule has 4 nitrogen and oxygen atoms in total. The molecule has 1 saturated heterocycles. The van der Waals surface area contributed by atoms with E-state index in [-0.39, 0.29) is 11.6 Å². The standard InChI is InChI=1S/C13H25N3O/c1-12(2,3)16-11(17)15-10-5-8-14-13(9-10)6-4-7-13/h10,14H,4-9H2,1-3H3,(H2,15,16,17). The van der Waals surface area contributed by atoms with Gasteiger partial charge in [0, 0.05) is 17.1 Å². The summed E-state index contributed by atoms with van der Waals surface area (Å²) in [5, 5.41) is 9.68. The predicted molar refractivity (Wildman–Crippen MR) is 69.0 cm³/mol. The maximum absolute atomic E-state index is 11.8. The van der Waals surface area contributed by atoms with E-state index in [0.717, 1.165) is 19.4 Å². The van der Waals surface area contributed by atoms with E-state index >= 15 is 0 Å². The molecule has 2 rings (SSSR count). The Labute approximate surface area is 104 Å². The first-order valence-electron chi connectivity index (χ1n) is 6.72. The molecule has 1 spiro atoms. The van der Waals surface area contributed by atoms with Crippen LogP contribution in [0.4, 0.5) is 4.79 Å². The van der Waals surface area contributed by atoms with Crippen LogP contribution in [0.3, 0.4) is 0 Å². The van der Waals surface area contributed by atoms with Gasteiger partial charge in [0.15, 0.2) is 0 Å². The summed E-state index contributed by atoms with van der Waals surface area (Å²) in [5.41, 5.74) is 0.184. The summed E-state index contributed by atoms with van der Waals surface area (Å²) in [4.78, 5) is 11.8. The van der Waals surface area contributed by atoms with Crippen molar-refractivity contribution >= 4 is 6.03 Å². The van der Waals surface area contributed by atoms with Crippen LogP contribution in [-0.4, -0.2) is 29.7 Å². The Hall–Kier alpha value is -0.770. The highest BCUT2D eigenvalue weighted by atomic mass is 16.2. The van der Waals surface area contributed by atoms with Gasteiger partial charge in [-0.15, -0.1) is 0 Å². The lowest BCUT2D eigenvalue weighted by Crippen LogP contribution is -2.61. The summed E-state index contributed by atoms with van der Waals surface area (Å²) < 4.78 is 0. The lowest BCUT2D eigenvalue weighted by Gasteiger charge is -2.48. The molecule has 0 aromatic carbocycles. The molecule has 98 valence electrons. The lowest BCUT2D eigenvalue weighted by atomic mass is 9.70. The zero-order valence-corrected chi connectivity index (χ0v) is 11.2. The van der Waals surface area contributed by atoms with Gasteiger partial charge in [0.2, 0.25) is 0 Å². The molecule has 1 heterocycles. The van der Waals surface area contributed by atoms with E-state index in [0.29, 0.717) is 11.6 Å². The Morgan fingerprint density at radius 3 is 2.59 bits per heavy atom. The number of urea groups is 1. The minimum atomic E-state index is -0.162. The number of amides is 2. The molecule has 2 fully saturated rings. The Bertz CT molecular complexity index is 292. The number of carbonyl (C=O) groups excluding carboxylic acids is 1. The Morgan fingerprint density at radius 2 is 2.06 bits per heavy atom. The second-order valence-corrected chi connectivity index (χ2v) is 6.60. The molecule has 0 aromatic rings. The molecule has 1 saturated carbocycles. The third-order valence-corrected chi connectivity index (χ3v) is 3.76. The summed E-state index contributed by atoms with van der Waals surface area (Å²) in [6, 6.07) is 0.303. The predicted octanol–water partition coefficient (Wildman–Crippen LogP) is 1.76. The van der Waals surface area contributed by atoms with Crippen LogP contribution in [0, 0.1) is 0 Å². The van der Waals surface area contributed by atoms with E-state index in [1.807, 2.05) is 20.8 Å². The van der Waals surface area contributed by atoms with Crippen LogP contribution in [-0.2, 0) is 0 Å². The molecule has 1 atom stereocenters. The average Bonchev–Trinajstić information content (AvgIpc) is 2.12. The van der Waals surface area contributed by atoms with Crippen molar-refractivity contribution < 1.29 is 4.79 Å². The van der Waals surface area contributed by atoms with E-state index in [1.165, 1.54) is 19.3 Å². The molecule has 2 amide bonds. The molecular formula is C13H25N3O. The topological polar surface area (TPSA) is 53.2 Å². The fraction of sp³-hybridized carbons (Fsp3) is 0.923. The first kappa shape index (κ1) is 12.7. The van der Waals surface area contributed by atoms with Gasteiger partial charge in [-0.1, -0.05) is 0 Å². The number of nitrogens with one attached hydrogen (secondary N) is 3. The van der Waals surface area contributed by atoms with Crippen molar-refractivity contribution in [2.75, 3.05) is 6.54 Å². The number of hydrogen-bond acceptors (Lipinski definition) is 2. The highest BCUT2D eigenvalue weighted by molar-refractivity contribution is 5.75. The van der Waals surface area contributed by atoms with Crippen LogP contribution < -0.4 is 16.0 Å². The number of carbonyl (C=O) groups is 1. The molecule has 1 aliphatic heterocycles. The molecule has 17 heavy (non-hydrogen) atoms. The van der Waals surface area contributed by atoms with Gasteiger partial charge in [-0.2, -0.15) is 0 Å². The van der Waals surface area contributed by atoms with Crippen LogP contribution in [0.25, 0.3) is 0 Å². The van der Waals surface area contributed by atoms with Gasteiger partial charge in [0.05, 0.1) is 0 Å². The maximum Gasteiger partial charge on any atom is 0.315 e. The zero-order chi connectivity index (χ0) is 12.5. The average molecular weight is 239 g/mol. The Kier molecular flexibility index (Phi) is 3.34. The molecule has 0 radical (unpaired) electrons. The normalized spacial score (nSPS) is 27.4. The molecule has 1 unspecified atom stereocenters. The third-order valence-electron chi connectivity index (χ3n) is 3.76. The van der Waals surface area contributed by atoms with Crippen molar-refractivity contribution in [3.8, 4) is 0 Å². The number of hydrogen-bond donors (Lipinski definition) is 3. The quantitative estimate of drug-likeness (QED) is 0.653. The monoisotopic (exact) mass is 239 g/mol. The van der Waals surface area contributed by atoms with Gasteiger partial charge >= 0.3 is 6.03 Å². The van der Waals surface area contributed by atoms with Crippen molar-refractivity contribution in [2.24, 2.45) is 0 Å². The number of piperidine rings is 1. The first-order chi connectivity index (χ1) is 7.89. The van der Waals surface area contributed by atoms with Gasteiger partial charge in [0.1, 0.15) is 0 Å². The summed E-state index contributed by atoms with van der Waals surface area (Å²) >= 11 is 0. The summed E-state index contributed by atoms with van der Waals surface area (Å²) in [7, 11) is 0. The van der Waals surface area contributed by atoms with E-state index in [9.17, 15) is 4.79 Å². The van der Waals surface area contributed by atoms with Gasteiger partial charge in [-0.3, -0.25) is 0 Å². The van der Waals surface area contributed by atoms with Crippen molar-refractivity contribution in [3.63, 3.8) is 0 Å². The second-order valence-electron chi connectivity index (χ2n) is 6.60. The molecule has 2 aliphatic rings. The van der Waals surface area contributed by atoms with Gasteiger partial charge in [-0.05, 0) is 59.4 Å². The van der Waals surface area contributed by atoms with E-state index in [4.69, 9.17) is 0 Å². The highest BCUT2D eigenvalue weighted by Gasteiger charge is 2.41. The van der Waals surface area contributed by atoms with Gasteiger partial charge in [-0.25, -0.2) is 4.79 Å². The fourth-order valence-corrected chi connectivity index (χ4v) is 2.83. The third kappa shape index (κ3) is 3.35. The van der Waals surface area contributed by atoms with Crippen LogP contribution in [0.5, 0.6) is 0 Å². The fourth-order valence-electron chi connectivity index (χ4n) is 2.83. The van der Waals surface area contributed by atoms with E-state index in [2.05, 4.69) is 16.0 Å². The molecule has 1 aliphatic carbocycles. The van der Waals surface area contributed by atoms with Crippen molar-refractivity contribution in [3.05, 3.63) is 0 Å². The molecule has 4 heteroatoms. The largest absolute Gasteiger partial charge is 0.335 e. The van der Waals surface area contributed by atoms with Crippen molar-refractivity contribution in [1.82, 2.24) is 16.0 Å². The smallest absolute Gasteiger partial charge is 0.315 e. The second kappa shape index (κ2) is 4.48. The van der Waals surface area contributed by atoms with Crippen molar-refractivity contribution in [1.29, 1.82) is 0 Å². The minimum Gasteiger partial charge on any atom is -0.335 e. The summed E-state index contributed by atoms with van der Waals surface area (Å²) in [6.45, 7) is 7.04. The van der Waals surface area contributed by atoms with Crippen LogP contribution >= 0.6 is 0 Å². The van der Waals surface area contributed by atoms with E-state index in [1.54, 1.807) is 0 Å². The highest BCUT2D eigenvalue weighted by Crippen LogP contribution is 2.38. The van der Waals surface area contributed by atoms with E-state index < -0.39 is 0 Å². The summed E-state index contributed by atoms with van der Waals surface area (Å²) in [6.07, 6.45) is 6.00. The Balaban J connectivity index is 1.80. The SMILES string of the molecule is CC(C)(C)NC(=O)NC1CCNC2(CCC2)C1. The van der Waals surface area contributed by atoms with Crippen LogP contribution in [0.2, 0.25) is 0 Å². The maximum atomic E-state index is 11.8. The van der Waals surface area contributed by atoms with Gasteiger partial charge < -0.3 is 16.0 Å².